The maximum absolute atomic E-state index is 11.9. The van der Waals surface area contributed by atoms with E-state index in [-0.39, 0.29) is 5.91 Å². The Bertz CT molecular complexity index is 535. The van der Waals surface area contributed by atoms with Gasteiger partial charge >= 0.3 is 0 Å². The first-order valence-corrected chi connectivity index (χ1v) is 6.46. The zero-order valence-electron chi connectivity index (χ0n) is 10.2. The number of nitrogens with one attached hydrogen (secondary N) is 2. The van der Waals surface area contributed by atoms with Crippen molar-refractivity contribution < 1.29 is 4.79 Å². The molecule has 1 amide bonds. The number of carbonyl (C=O) groups excluding carboxylic acids is 1. The molecule has 0 radical (unpaired) electrons. The second-order valence-electron chi connectivity index (χ2n) is 3.69. The minimum Gasteiger partial charge on any atom is -0.385 e. The Labute approximate surface area is 109 Å². The number of nitrogens with zero attached hydrogens (tertiary/aromatic N) is 2. The van der Waals surface area contributed by atoms with Crippen LogP contribution in [0.4, 0.5) is 10.8 Å². The zero-order chi connectivity index (χ0) is 13.0. The molecule has 2 aromatic rings. The van der Waals surface area contributed by atoms with Crippen LogP contribution in [-0.4, -0.2) is 22.6 Å². The van der Waals surface area contributed by atoms with Crippen LogP contribution in [-0.2, 0) is 0 Å². The Morgan fingerprint density at radius 1 is 1.28 bits per heavy atom. The van der Waals surface area contributed by atoms with Gasteiger partial charge < -0.3 is 5.32 Å². The molecule has 0 fully saturated rings. The van der Waals surface area contributed by atoms with Crippen molar-refractivity contribution in [1.82, 2.24) is 10.2 Å². The van der Waals surface area contributed by atoms with Crippen molar-refractivity contribution in [1.29, 1.82) is 0 Å². The van der Waals surface area contributed by atoms with E-state index in [0.29, 0.717) is 10.7 Å². The van der Waals surface area contributed by atoms with Crippen LogP contribution in [0.2, 0.25) is 0 Å². The van der Waals surface area contributed by atoms with Crippen LogP contribution in [0.5, 0.6) is 0 Å². The average molecular weight is 262 g/mol. The zero-order valence-corrected chi connectivity index (χ0v) is 11.0. The molecule has 0 saturated carbocycles. The molecule has 1 aromatic heterocycles. The van der Waals surface area contributed by atoms with E-state index in [4.69, 9.17) is 0 Å². The molecule has 5 nitrogen and oxygen atoms in total. The standard InChI is InChI=1S/C12H14N4OS/c1-3-13-10-6-4-9(5-7-10)11(17)14-12-16-15-8(2)18-12/h4-7,13H,3H2,1-2H3,(H,14,16,17). The van der Waals surface area contributed by atoms with Crippen LogP contribution in [0.15, 0.2) is 24.3 Å². The Morgan fingerprint density at radius 2 is 2.00 bits per heavy atom. The van der Waals surface area contributed by atoms with Gasteiger partial charge in [0.05, 0.1) is 0 Å². The van der Waals surface area contributed by atoms with E-state index in [1.807, 2.05) is 26.0 Å². The van der Waals surface area contributed by atoms with Gasteiger partial charge in [-0.15, -0.1) is 10.2 Å². The number of rotatable bonds is 4. The number of amides is 1. The third-order valence-electron chi connectivity index (χ3n) is 2.27. The maximum Gasteiger partial charge on any atom is 0.257 e. The molecule has 2 rings (SSSR count). The van der Waals surface area contributed by atoms with Gasteiger partial charge in [-0.05, 0) is 38.1 Å². The predicted octanol–water partition coefficient (Wildman–Crippen LogP) is 2.53. The number of anilines is 2. The highest BCUT2D eigenvalue weighted by Crippen LogP contribution is 2.16. The van der Waals surface area contributed by atoms with Crippen molar-refractivity contribution in [3.63, 3.8) is 0 Å². The summed E-state index contributed by atoms with van der Waals surface area (Å²) in [7, 11) is 0. The molecule has 2 N–H and O–H groups in total. The van der Waals surface area contributed by atoms with Crippen molar-refractivity contribution in [2.45, 2.75) is 13.8 Å². The Morgan fingerprint density at radius 3 is 2.56 bits per heavy atom. The van der Waals surface area contributed by atoms with Gasteiger partial charge in [-0.3, -0.25) is 10.1 Å². The molecule has 18 heavy (non-hydrogen) atoms. The van der Waals surface area contributed by atoms with Crippen LogP contribution in [0, 0.1) is 6.92 Å². The fourth-order valence-corrected chi connectivity index (χ4v) is 2.05. The van der Waals surface area contributed by atoms with E-state index in [1.54, 1.807) is 12.1 Å². The highest BCUT2D eigenvalue weighted by Gasteiger charge is 2.08. The molecule has 0 saturated heterocycles. The summed E-state index contributed by atoms with van der Waals surface area (Å²) in [6.45, 7) is 4.73. The lowest BCUT2D eigenvalue weighted by Gasteiger charge is -2.04. The van der Waals surface area contributed by atoms with Gasteiger partial charge in [-0.25, -0.2) is 0 Å². The number of carbonyl (C=O) groups is 1. The summed E-state index contributed by atoms with van der Waals surface area (Å²) in [4.78, 5) is 11.9. The molecule has 0 atom stereocenters. The van der Waals surface area contributed by atoms with Gasteiger partial charge in [-0.2, -0.15) is 0 Å². The summed E-state index contributed by atoms with van der Waals surface area (Å²) in [6, 6.07) is 7.32. The molecule has 1 heterocycles. The van der Waals surface area contributed by atoms with E-state index in [0.717, 1.165) is 17.2 Å². The highest BCUT2D eigenvalue weighted by molar-refractivity contribution is 7.15. The molecule has 1 aromatic carbocycles. The first-order valence-electron chi connectivity index (χ1n) is 5.64. The summed E-state index contributed by atoms with van der Waals surface area (Å²) in [6.07, 6.45) is 0. The molecule has 94 valence electrons. The number of aryl methyl sites for hydroxylation is 1. The summed E-state index contributed by atoms with van der Waals surface area (Å²) in [5.41, 5.74) is 1.60. The Hall–Kier alpha value is -1.95. The van der Waals surface area contributed by atoms with E-state index >= 15 is 0 Å². The normalized spacial score (nSPS) is 10.1. The second kappa shape index (κ2) is 5.59. The average Bonchev–Trinajstić information content (AvgIpc) is 2.76. The van der Waals surface area contributed by atoms with Crippen molar-refractivity contribution in [3.8, 4) is 0 Å². The fourth-order valence-electron chi connectivity index (χ4n) is 1.46. The number of hydrogen-bond donors (Lipinski definition) is 2. The van der Waals surface area contributed by atoms with Crippen LogP contribution < -0.4 is 10.6 Å². The van der Waals surface area contributed by atoms with Gasteiger partial charge in [0.1, 0.15) is 5.01 Å². The van der Waals surface area contributed by atoms with Crippen LogP contribution in [0.3, 0.4) is 0 Å². The second-order valence-corrected chi connectivity index (χ2v) is 4.87. The molecular formula is C12H14N4OS. The monoisotopic (exact) mass is 262 g/mol. The molecule has 0 aliphatic heterocycles. The largest absolute Gasteiger partial charge is 0.385 e. The summed E-state index contributed by atoms with van der Waals surface area (Å²) >= 11 is 1.36. The van der Waals surface area contributed by atoms with E-state index < -0.39 is 0 Å². The summed E-state index contributed by atoms with van der Waals surface area (Å²) < 4.78 is 0. The molecular weight excluding hydrogens is 248 g/mol. The quantitative estimate of drug-likeness (QED) is 0.888. The molecule has 0 bridgehead atoms. The van der Waals surface area contributed by atoms with Gasteiger partial charge in [-0.1, -0.05) is 11.3 Å². The number of hydrogen-bond acceptors (Lipinski definition) is 5. The fraction of sp³-hybridized carbons (Fsp3) is 0.250. The van der Waals surface area contributed by atoms with E-state index in [2.05, 4.69) is 20.8 Å². The molecule has 0 aliphatic carbocycles. The Kier molecular flexibility index (Phi) is 3.88. The van der Waals surface area contributed by atoms with Gasteiger partial charge in [0.25, 0.3) is 5.91 Å². The third-order valence-corrected chi connectivity index (χ3v) is 3.03. The van der Waals surface area contributed by atoms with E-state index in [1.165, 1.54) is 11.3 Å². The highest BCUT2D eigenvalue weighted by atomic mass is 32.1. The minimum absolute atomic E-state index is 0.172. The van der Waals surface area contributed by atoms with Crippen LogP contribution in [0.25, 0.3) is 0 Å². The molecule has 0 spiro atoms. The van der Waals surface area contributed by atoms with Crippen molar-refractivity contribution in [3.05, 3.63) is 34.8 Å². The van der Waals surface area contributed by atoms with Crippen LogP contribution in [0.1, 0.15) is 22.3 Å². The maximum atomic E-state index is 11.9. The van der Waals surface area contributed by atoms with Crippen molar-refractivity contribution in [2.75, 3.05) is 17.2 Å². The minimum atomic E-state index is -0.172. The first-order chi connectivity index (χ1) is 8.69. The SMILES string of the molecule is CCNc1ccc(C(=O)Nc2nnc(C)s2)cc1. The van der Waals surface area contributed by atoms with Gasteiger partial charge in [0.2, 0.25) is 5.13 Å². The summed E-state index contributed by atoms with van der Waals surface area (Å²) in [5.74, 6) is -0.172. The lowest BCUT2D eigenvalue weighted by molar-refractivity contribution is 0.102. The number of aromatic nitrogens is 2. The number of benzene rings is 1. The summed E-state index contributed by atoms with van der Waals surface area (Å²) in [5, 5.41) is 14.9. The topological polar surface area (TPSA) is 66.9 Å². The predicted molar refractivity (Wildman–Crippen MR) is 73.2 cm³/mol. The van der Waals surface area contributed by atoms with Crippen LogP contribution >= 0.6 is 11.3 Å². The van der Waals surface area contributed by atoms with Gasteiger partial charge in [0, 0.05) is 17.8 Å². The first kappa shape index (κ1) is 12.5. The van der Waals surface area contributed by atoms with Gasteiger partial charge in [0.15, 0.2) is 0 Å². The Balaban J connectivity index is 2.04. The molecule has 0 unspecified atom stereocenters. The lowest BCUT2D eigenvalue weighted by atomic mass is 10.2. The van der Waals surface area contributed by atoms with Crippen molar-refractivity contribution in [2.24, 2.45) is 0 Å². The smallest absolute Gasteiger partial charge is 0.257 e. The third kappa shape index (κ3) is 3.04. The molecule has 0 aliphatic rings. The lowest BCUT2D eigenvalue weighted by Crippen LogP contribution is -2.11. The molecule has 6 heteroatoms. The van der Waals surface area contributed by atoms with Crippen molar-refractivity contribution >= 4 is 28.1 Å². The van der Waals surface area contributed by atoms with E-state index in [9.17, 15) is 4.79 Å².